The zero-order valence-corrected chi connectivity index (χ0v) is 24.0. The lowest BCUT2D eigenvalue weighted by Crippen LogP contribution is -2.40. The van der Waals surface area contributed by atoms with Gasteiger partial charge in [-0.2, -0.15) is 0 Å². The second-order valence-corrected chi connectivity index (χ2v) is 10.1. The zero-order valence-electron chi connectivity index (χ0n) is 23.1. The van der Waals surface area contributed by atoms with Gasteiger partial charge in [0.15, 0.2) is 16.3 Å². The van der Waals surface area contributed by atoms with E-state index in [1.165, 1.54) is 11.3 Å². The van der Waals surface area contributed by atoms with E-state index in [2.05, 4.69) is 4.99 Å². The molecule has 0 radical (unpaired) electrons. The number of allylic oxidation sites excluding steroid dienone is 1. The van der Waals surface area contributed by atoms with Crippen molar-refractivity contribution in [1.82, 2.24) is 4.57 Å². The Morgan fingerprint density at radius 1 is 1.00 bits per heavy atom. The van der Waals surface area contributed by atoms with Crippen LogP contribution in [0.15, 0.2) is 63.5 Å². The maximum atomic E-state index is 13.9. The van der Waals surface area contributed by atoms with Crippen LogP contribution in [0, 0.1) is 0 Å². The lowest BCUT2D eigenvalue weighted by Gasteiger charge is -2.25. The molecule has 0 amide bonds. The average Bonchev–Trinajstić information content (AvgIpc) is 3.19. The Labute approximate surface area is 231 Å². The third-order valence-corrected chi connectivity index (χ3v) is 6.94. The van der Waals surface area contributed by atoms with E-state index < -0.39 is 12.0 Å². The Kier molecular flexibility index (Phi) is 8.91. The topological polar surface area (TPSA) is 88.4 Å². The van der Waals surface area contributed by atoms with Crippen LogP contribution >= 0.6 is 11.3 Å². The molecule has 8 nitrogen and oxygen atoms in total. The Bertz CT molecular complexity index is 1550. The van der Waals surface area contributed by atoms with Crippen LogP contribution in [0.25, 0.3) is 6.08 Å². The van der Waals surface area contributed by atoms with Crippen LogP contribution in [0.4, 0.5) is 0 Å². The van der Waals surface area contributed by atoms with Gasteiger partial charge in [0.1, 0.15) is 5.75 Å². The minimum Gasteiger partial charge on any atom is -0.494 e. The summed E-state index contributed by atoms with van der Waals surface area (Å²) in [6.45, 7) is 12.6. The van der Waals surface area contributed by atoms with E-state index in [9.17, 15) is 9.59 Å². The molecule has 0 aliphatic carbocycles. The third kappa shape index (κ3) is 6.09. The summed E-state index contributed by atoms with van der Waals surface area (Å²) < 4.78 is 24.7. The molecule has 39 heavy (non-hydrogen) atoms. The highest BCUT2D eigenvalue weighted by Crippen LogP contribution is 2.32. The summed E-state index contributed by atoms with van der Waals surface area (Å²) in [6, 6.07) is 12.3. The van der Waals surface area contributed by atoms with Gasteiger partial charge in [-0.25, -0.2) is 9.79 Å². The molecule has 1 aromatic heterocycles. The number of fused-ring (bicyclic) bond motifs is 1. The van der Waals surface area contributed by atoms with Crippen molar-refractivity contribution < 1.29 is 23.7 Å². The molecule has 1 aliphatic rings. The molecule has 206 valence electrons. The maximum absolute atomic E-state index is 13.9. The Balaban J connectivity index is 1.87. The van der Waals surface area contributed by atoms with Gasteiger partial charge in [0, 0.05) is 0 Å². The van der Waals surface area contributed by atoms with Crippen LogP contribution in [0.3, 0.4) is 0 Å². The van der Waals surface area contributed by atoms with Gasteiger partial charge in [-0.15, -0.1) is 0 Å². The van der Waals surface area contributed by atoms with E-state index >= 15 is 0 Å². The Morgan fingerprint density at radius 2 is 1.67 bits per heavy atom. The Hall–Kier alpha value is -3.85. The number of hydrogen-bond donors (Lipinski definition) is 0. The van der Waals surface area contributed by atoms with E-state index in [-0.39, 0.29) is 11.7 Å². The molecular weight excluding hydrogens is 516 g/mol. The minimum atomic E-state index is -0.690. The van der Waals surface area contributed by atoms with Crippen LogP contribution in [-0.2, 0) is 9.53 Å². The summed E-state index contributed by atoms with van der Waals surface area (Å²) in [5, 5.41) is 0. The molecule has 9 heteroatoms. The zero-order chi connectivity index (χ0) is 28.1. The summed E-state index contributed by atoms with van der Waals surface area (Å²) in [5.74, 6) is 1.48. The number of ether oxygens (including phenoxy) is 4. The maximum Gasteiger partial charge on any atom is 0.338 e. The SMILES string of the molecule is CCOc1ccc([C@@H]2C(C(=O)OC(C)C)=C(C)N=c3s/c(=C/c4ccc(OCC)c(OCC)c4)c(=O)n32)cc1. The molecule has 2 heterocycles. The highest BCUT2D eigenvalue weighted by Gasteiger charge is 2.33. The number of esters is 1. The molecule has 0 saturated carbocycles. The van der Waals surface area contributed by atoms with Gasteiger partial charge in [0.25, 0.3) is 5.56 Å². The van der Waals surface area contributed by atoms with Crippen molar-refractivity contribution in [3.05, 3.63) is 84.5 Å². The normalized spacial score (nSPS) is 15.2. The number of aromatic nitrogens is 1. The van der Waals surface area contributed by atoms with E-state index in [0.29, 0.717) is 57.7 Å². The molecule has 3 aromatic rings. The number of hydrogen-bond acceptors (Lipinski definition) is 8. The van der Waals surface area contributed by atoms with Gasteiger partial charge in [0.05, 0.1) is 47.8 Å². The molecule has 0 fully saturated rings. The van der Waals surface area contributed by atoms with Crippen molar-refractivity contribution in [2.75, 3.05) is 19.8 Å². The fraction of sp³-hybridized carbons (Fsp3) is 0.367. The summed E-state index contributed by atoms with van der Waals surface area (Å²) in [6.07, 6.45) is 1.49. The molecule has 2 aromatic carbocycles. The standard InChI is InChI=1S/C30H34N2O6S/c1-7-35-22-13-11-21(12-14-22)27-26(29(34)38-18(4)5)19(6)31-30-32(27)28(33)25(39-30)17-20-10-15-23(36-8-2)24(16-20)37-9-3/h10-18,27H,7-9H2,1-6H3/b25-17+/t27-/m1/s1. The summed E-state index contributed by atoms with van der Waals surface area (Å²) in [4.78, 5) is 32.3. The minimum absolute atomic E-state index is 0.244. The van der Waals surface area contributed by atoms with Gasteiger partial charge in [-0.3, -0.25) is 9.36 Å². The molecule has 0 bridgehead atoms. The van der Waals surface area contributed by atoms with Crippen molar-refractivity contribution in [1.29, 1.82) is 0 Å². The van der Waals surface area contributed by atoms with Crippen LogP contribution in [0.2, 0.25) is 0 Å². The second-order valence-electron chi connectivity index (χ2n) is 9.11. The van der Waals surface area contributed by atoms with Crippen molar-refractivity contribution in [3.8, 4) is 17.2 Å². The number of benzene rings is 2. The molecule has 0 saturated heterocycles. The fourth-order valence-electron chi connectivity index (χ4n) is 4.40. The van der Waals surface area contributed by atoms with Crippen LogP contribution < -0.4 is 29.1 Å². The van der Waals surface area contributed by atoms with Crippen molar-refractivity contribution in [2.24, 2.45) is 4.99 Å². The van der Waals surface area contributed by atoms with E-state index in [4.69, 9.17) is 18.9 Å². The molecule has 0 N–H and O–H groups in total. The first-order chi connectivity index (χ1) is 18.8. The predicted molar refractivity (Wildman–Crippen MR) is 151 cm³/mol. The monoisotopic (exact) mass is 550 g/mol. The molecule has 4 rings (SSSR count). The molecule has 1 aliphatic heterocycles. The van der Waals surface area contributed by atoms with E-state index in [0.717, 1.165) is 11.1 Å². The lowest BCUT2D eigenvalue weighted by molar-refractivity contribution is -0.143. The lowest BCUT2D eigenvalue weighted by atomic mass is 9.96. The van der Waals surface area contributed by atoms with Crippen molar-refractivity contribution in [3.63, 3.8) is 0 Å². The molecular formula is C30H34N2O6S. The van der Waals surface area contributed by atoms with E-state index in [1.807, 2.05) is 69.3 Å². The largest absolute Gasteiger partial charge is 0.494 e. The highest BCUT2D eigenvalue weighted by molar-refractivity contribution is 7.07. The van der Waals surface area contributed by atoms with Crippen LogP contribution in [-0.4, -0.2) is 36.5 Å². The first kappa shape index (κ1) is 28.2. The quantitative estimate of drug-likeness (QED) is 0.348. The molecule has 0 unspecified atom stereocenters. The van der Waals surface area contributed by atoms with Crippen LogP contribution in [0.1, 0.15) is 58.7 Å². The summed E-state index contributed by atoms with van der Waals surface area (Å²) >= 11 is 1.28. The number of nitrogens with zero attached hydrogens (tertiary/aromatic N) is 2. The predicted octanol–water partition coefficient (Wildman–Crippen LogP) is 4.38. The number of thiazole rings is 1. The Morgan fingerprint density at radius 3 is 2.31 bits per heavy atom. The van der Waals surface area contributed by atoms with Gasteiger partial charge < -0.3 is 18.9 Å². The average molecular weight is 551 g/mol. The van der Waals surface area contributed by atoms with Gasteiger partial charge in [-0.05, 0) is 83.0 Å². The first-order valence-electron chi connectivity index (χ1n) is 13.1. The smallest absolute Gasteiger partial charge is 0.338 e. The molecule has 1 atom stereocenters. The highest BCUT2D eigenvalue weighted by atomic mass is 32.1. The second kappa shape index (κ2) is 12.3. The van der Waals surface area contributed by atoms with Crippen molar-refractivity contribution in [2.45, 2.75) is 53.7 Å². The number of carbonyl (C=O) groups is 1. The first-order valence-corrected chi connectivity index (χ1v) is 13.9. The van der Waals surface area contributed by atoms with Gasteiger partial charge >= 0.3 is 5.97 Å². The third-order valence-electron chi connectivity index (χ3n) is 5.96. The van der Waals surface area contributed by atoms with Gasteiger partial charge in [0.2, 0.25) is 0 Å². The molecule has 0 spiro atoms. The number of rotatable bonds is 10. The summed E-state index contributed by atoms with van der Waals surface area (Å²) in [7, 11) is 0. The van der Waals surface area contributed by atoms with Gasteiger partial charge in [-0.1, -0.05) is 29.5 Å². The van der Waals surface area contributed by atoms with Crippen molar-refractivity contribution >= 4 is 23.4 Å². The fourth-order valence-corrected chi connectivity index (χ4v) is 5.44. The summed E-state index contributed by atoms with van der Waals surface area (Å²) in [5.41, 5.74) is 2.17. The van der Waals surface area contributed by atoms with E-state index in [1.54, 1.807) is 25.3 Å². The van der Waals surface area contributed by atoms with Crippen LogP contribution in [0.5, 0.6) is 17.2 Å². The number of carbonyl (C=O) groups excluding carboxylic acids is 1.